The molecule has 3 aromatic carbocycles. The van der Waals surface area contributed by atoms with E-state index in [-0.39, 0.29) is 17.1 Å². The van der Waals surface area contributed by atoms with Gasteiger partial charge in [-0.15, -0.1) is 0 Å². The van der Waals surface area contributed by atoms with Crippen LogP contribution in [0.15, 0.2) is 71.8 Å². The summed E-state index contributed by atoms with van der Waals surface area (Å²) in [7, 11) is -4.17. The van der Waals surface area contributed by atoms with E-state index >= 15 is 0 Å². The molecule has 1 atom stereocenters. The minimum Gasteiger partial charge on any atom is -0.480 e. The maximum absolute atomic E-state index is 13.1. The number of carbonyl (C=O) groups is 3. The average molecular weight is 622 g/mol. The molecule has 1 aromatic heterocycles. The number of ether oxygens (including phenoxy) is 1. The molecule has 0 saturated carbocycles. The Morgan fingerprint density at radius 3 is 2.36 bits per heavy atom. The fourth-order valence-corrected chi connectivity index (χ4v) is 6.56. The summed E-state index contributed by atoms with van der Waals surface area (Å²) in [4.78, 5) is 36.7. The number of carbonyl (C=O) groups excluding carboxylic acids is 2. The molecule has 0 aliphatic rings. The molecule has 0 aliphatic heterocycles. The van der Waals surface area contributed by atoms with E-state index in [4.69, 9.17) is 4.74 Å². The van der Waals surface area contributed by atoms with Gasteiger partial charge in [0, 0.05) is 30.6 Å². The lowest BCUT2D eigenvalue weighted by atomic mass is 10.1. The summed E-state index contributed by atoms with van der Waals surface area (Å²) in [5, 5.41) is 19.9. The number of nitrogens with zero attached hydrogens (tertiary/aromatic N) is 2. The van der Waals surface area contributed by atoms with Crippen molar-refractivity contribution in [2.45, 2.75) is 51.3 Å². The number of aryl methyl sites for hydroxylation is 4. The molecule has 0 fully saturated rings. The Bertz CT molecular complexity index is 1750. The third-order valence-electron chi connectivity index (χ3n) is 6.87. The number of rotatable bonds is 13. The van der Waals surface area contributed by atoms with Crippen LogP contribution in [0, 0.1) is 20.8 Å². The van der Waals surface area contributed by atoms with Crippen LogP contribution in [0.1, 0.15) is 39.0 Å². The van der Waals surface area contributed by atoms with Crippen molar-refractivity contribution in [3.05, 3.63) is 94.7 Å². The van der Waals surface area contributed by atoms with Gasteiger partial charge >= 0.3 is 12.1 Å². The van der Waals surface area contributed by atoms with Gasteiger partial charge in [0.05, 0.1) is 16.6 Å². The van der Waals surface area contributed by atoms with Gasteiger partial charge in [0.15, 0.2) is 0 Å². The molecule has 0 radical (unpaired) electrons. The quantitative estimate of drug-likeness (QED) is 0.165. The van der Waals surface area contributed by atoms with Crippen LogP contribution in [0.4, 0.5) is 4.79 Å². The van der Waals surface area contributed by atoms with Crippen molar-refractivity contribution < 1.29 is 32.6 Å². The highest BCUT2D eigenvalue weighted by molar-refractivity contribution is 7.89. The van der Waals surface area contributed by atoms with Crippen LogP contribution in [0.2, 0.25) is 0 Å². The average Bonchev–Trinajstić information content (AvgIpc) is 3.38. The van der Waals surface area contributed by atoms with Crippen LogP contribution in [0.25, 0.3) is 10.9 Å². The van der Waals surface area contributed by atoms with E-state index in [1.165, 1.54) is 0 Å². The lowest BCUT2D eigenvalue weighted by Gasteiger charge is -2.18. The Morgan fingerprint density at radius 2 is 1.68 bits per heavy atom. The Morgan fingerprint density at radius 1 is 0.977 bits per heavy atom. The summed E-state index contributed by atoms with van der Waals surface area (Å²) in [5.41, 5.74) is 3.81. The Kier molecular flexibility index (Phi) is 10.3. The summed E-state index contributed by atoms with van der Waals surface area (Å²) >= 11 is 0. The molecule has 44 heavy (non-hydrogen) atoms. The van der Waals surface area contributed by atoms with E-state index in [1.807, 2.05) is 37.3 Å². The molecule has 1 heterocycles. The van der Waals surface area contributed by atoms with Gasteiger partial charge in [0.1, 0.15) is 12.6 Å². The molecule has 232 valence electrons. The predicted molar refractivity (Wildman–Crippen MR) is 164 cm³/mol. The molecule has 0 bridgehead atoms. The zero-order valence-electron chi connectivity index (χ0n) is 24.7. The summed E-state index contributed by atoms with van der Waals surface area (Å²) in [6.45, 7) is 5.74. The third-order valence-corrected chi connectivity index (χ3v) is 8.64. The lowest BCUT2D eigenvalue weighted by Crippen LogP contribution is -2.48. The van der Waals surface area contributed by atoms with Crippen molar-refractivity contribution in [2.75, 3.05) is 13.1 Å². The van der Waals surface area contributed by atoms with Crippen molar-refractivity contribution >= 4 is 38.9 Å². The molecule has 0 saturated heterocycles. The summed E-state index contributed by atoms with van der Waals surface area (Å²) in [6, 6.07) is 16.1. The highest BCUT2D eigenvalue weighted by Gasteiger charge is 2.28. The van der Waals surface area contributed by atoms with Crippen molar-refractivity contribution in [1.29, 1.82) is 0 Å². The normalized spacial score (nSPS) is 12.1. The van der Waals surface area contributed by atoms with Crippen LogP contribution in [-0.4, -0.2) is 60.4 Å². The van der Waals surface area contributed by atoms with Crippen molar-refractivity contribution in [3.63, 3.8) is 0 Å². The largest absolute Gasteiger partial charge is 0.480 e. The van der Waals surface area contributed by atoms with Crippen LogP contribution < -0.4 is 15.4 Å². The van der Waals surface area contributed by atoms with E-state index in [1.54, 1.807) is 55.1 Å². The van der Waals surface area contributed by atoms with Gasteiger partial charge in [-0.1, -0.05) is 48.0 Å². The van der Waals surface area contributed by atoms with Gasteiger partial charge in [0.2, 0.25) is 10.0 Å². The number of hydrogen-bond acceptors (Lipinski definition) is 7. The number of fused-ring (bicyclic) bond motifs is 1. The van der Waals surface area contributed by atoms with Crippen molar-refractivity contribution in [3.8, 4) is 0 Å². The molecule has 12 nitrogen and oxygen atoms in total. The molecule has 2 amide bonds. The van der Waals surface area contributed by atoms with Gasteiger partial charge in [-0.05, 0) is 62.1 Å². The molecular weight excluding hydrogens is 586 g/mol. The van der Waals surface area contributed by atoms with Crippen molar-refractivity contribution in [1.82, 2.24) is 25.1 Å². The number of aromatic nitrogens is 2. The first-order valence-electron chi connectivity index (χ1n) is 14.0. The van der Waals surface area contributed by atoms with E-state index < -0.39 is 40.6 Å². The minimum atomic E-state index is -4.17. The minimum absolute atomic E-state index is 0.0157. The Balaban J connectivity index is 1.30. The summed E-state index contributed by atoms with van der Waals surface area (Å²) < 4.78 is 35.3. The van der Waals surface area contributed by atoms with Gasteiger partial charge in [-0.25, -0.2) is 13.2 Å². The highest BCUT2D eigenvalue weighted by atomic mass is 32.2. The van der Waals surface area contributed by atoms with E-state index in [0.717, 1.165) is 16.6 Å². The van der Waals surface area contributed by atoms with Gasteiger partial charge in [0.25, 0.3) is 5.91 Å². The first kappa shape index (κ1) is 32.2. The van der Waals surface area contributed by atoms with Gasteiger partial charge < -0.3 is 20.5 Å². The topological polar surface area (TPSA) is 169 Å². The summed E-state index contributed by atoms with van der Waals surface area (Å²) in [6.07, 6.45) is 1.69. The molecule has 0 aliphatic carbocycles. The molecule has 13 heteroatoms. The fraction of sp³-hybridized carbons (Fsp3) is 0.290. The number of carboxylic acid groups (broad SMARTS) is 1. The van der Waals surface area contributed by atoms with E-state index in [9.17, 15) is 27.9 Å². The number of amides is 2. The maximum Gasteiger partial charge on any atom is 0.407 e. The molecule has 4 aromatic rings. The number of hydrogen-bond donors (Lipinski definition) is 4. The Hall–Kier alpha value is -4.75. The van der Waals surface area contributed by atoms with Crippen LogP contribution in [-0.2, 0) is 32.7 Å². The first-order valence-corrected chi connectivity index (χ1v) is 15.4. The number of aliphatic carboxylic acids is 1. The maximum atomic E-state index is 13.1. The monoisotopic (exact) mass is 621 g/mol. The lowest BCUT2D eigenvalue weighted by molar-refractivity contribution is -0.138. The van der Waals surface area contributed by atoms with Crippen LogP contribution in [0.5, 0.6) is 0 Å². The number of nitrogens with one attached hydrogen (secondary N) is 3. The zero-order valence-corrected chi connectivity index (χ0v) is 25.5. The number of alkyl carbamates (subject to hydrolysis) is 1. The second-order valence-electron chi connectivity index (χ2n) is 10.4. The first-order chi connectivity index (χ1) is 20.9. The van der Waals surface area contributed by atoms with Gasteiger partial charge in [-0.3, -0.25) is 14.3 Å². The van der Waals surface area contributed by atoms with Gasteiger partial charge in [-0.2, -0.15) is 9.82 Å². The molecule has 0 unspecified atom stereocenters. The number of benzene rings is 3. The SMILES string of the molecule is Cc1cc(C)c(S(=O)(=O)N[C@@H](CNC(=O)c2ccc3c(cnn3CCCNC(=O)OCc3ccccc3)c2)C(=O)O)c(C)c1. The molecular formula is C31H35N5O7S. The van der Waals surface area contributed by atoms with E-state index in [2.05, 4.69) is 20.5 Å². The van der Waals surface area contributed by atoms with E-state index in [0.29, 0.717) is 36.0 Å². The van der Waals surface area contributed by atoms with Crippen LogP contribution >= 0.6 is 0 Å². The second-order valence-corrected chi connectivity index (χ2v) is 12.1. The van der Waals surface area contributed by atoms with Crippen LogP contribution in [0.3, 0.4) is 0 Å². The highest BCUT2D eigenvalue weighted by Crippen LogP contribution is 2.22. The fourth-order valence-electron chi connectivity index (χ4n) is 4.91. The molecule has 0 spiro atoms. The molecule has 4 N–H and O–H groups in total. The summed E-state index contributed by atoms with van der Waals surface area (Å²) in [5.74, 6) is -1.99. The number of carboxylic acids is 1. The second kappa shape index (κ2) is 14.1. The Labute approximate surface area is 255 Å². The zero-order chi connectivity index (χ0) is 31.9. The third kappa shape index (κ3) is 8.20. The predicted octanol–water partition coefficient (Wildman–Crippen LogP) is 3.44. The standard InChI is InChI=1S/C31H35N5O7S/c1-20-14-21(2)28(22(3)15-20)44(41,42)35-26(30(38)39)18-33-29(37)24-10-11-27-25(16-24)17-34-36(27)13-7-12-32-31(40)43-19-23-8-5-4-6-9-23/h4-6,8-11,14-17,26,35H,7,12-13,18-19H2,1-3H3,(H,32,40)(H,33,37)(H,38,39)/t26-/m0/s1. The van der Waals surface area contributed by atoms with Crippen molar-refractivity contribution in [2.24, 2.45) is 0 Å². The molecule has 4 rings (SSSR count). The number of sulfonamides is 1. The smallest absolute Gasteiger partial charge is 0.407 e.